The van der Waals surface area contributed by atoms with Crippen LogP contribution in [0.15, 0.2) is 29.3 Å². The van der Waals surface area contributed by atoms with Gasteiger partial charge < -0.3 is 25.0 Å². The number of ether oxygens (including phenoxy) is 2. The molecule has 2 fully saturated rings. The molecule has 2 N–H and O–H groups in total. The summed E-state index contributed by atoms with van der Waals surface area (Å²) >= 11 is 0. The van der Waals surface area contributed by atoms with E-state index >= 15 is 0 Å². The number of benzene rings is 1. The minimum Gasteiger partial charge on any atom is -0.497 e. The maximum Gasteiger partial charge on any atom is 0.191 e. The summed E-state index contributed by atoms with van der Waals surface area (Å²) in [5.41, 5.74) is 7.32. The molecule has 0 aromatic heterocycles. The van der Waals surface area contributed by atoms with Crippen LogP contribution in [-0.2, 0) is 4.74 Å². The van der Waals surface area contributed by atoms with Gasteiger partial charge in [0.15, 0.2) is 5.96 Å². The van der Waals surface area contributed by atoms with E-state index in [1.165, 1.54) is 5.69 Å². The van der Waals surface area contributed by atoms with Crippen molar-refractivity contribution in [2.75, 3.05) is 57.9 Å². The summed E-state index contributed by atoms with van der Waals surface area (Å²) in [6.07, 6.45) is 1.15. The molecule has 3 rings (SSSR count). The summed E-state index contributed by atoms with van der Waals surface area (Å²) in [7, 11) is 1.70. The van der Waals surface area contributed by atoms with Gasteiger partial charge in [0.05, 0.1) is 20.3 Å². The molecule has 0 saturated carbocycles. The zero-order valence-corrected chi connectivity index (χ0v) is 16.5. The van der Waals surface area contributed by atoms with E-state index in [0.29, 0.717) is 11.9 Å². The van der Waals surface area contributed by atoms with E-state index in [2.05, 4.69) is 26.9 Å². The maximum absolute atomic E-state index is 6.10. The van der Waals surface area contributed by atoms with E-state index in [9.17, 15) is 0 Å². The number of nitrogens with zero attached hydrogens (tertiary/aromatic N) is 3. The zero-order valence-electron chi connectivity index (χ0n) is 14.2. The van der Waals surface area contributed by atoms with Gasteiger partial charge in [0.1, 0.15) is 5.75 Å². The third-order valence-electron chi connectivity index (χ3n) is 4.55. The van der Waals surface area contributed by atoms with E-state index in [1.807, 2.05) is 12.1 Å². The SMILES string of the molecule is COc1cccc(N2CCC(CN=C(N)N3CCOCC3)C2)c1.I. The van der Waals surface area contributed by atoms with E-state index in [-0.39, 0.29) is 24.0 Å². The average Bonchev–Trinajstić information content (AvgIpc) is 3.09. The summed E-state index contributed by atoms with van der Waals surface area (Å²) < 4.78 is 10.6. The number of methoxy groups -OCH3 is 1. The maximum atomic E-state index is 6.10. The molecule has 7 heteroatoms. The largest absolute Gasteiger partial charge is 0.497 e. The fourth-order valence-electron chi connectivity index (χ4n) is 3.14. The summed E-state index contributed by atoms with van der Waals surface area (Å²) in [4.78, 5) is 9.11. The van der Waals surface area contributed by atoms with Crippen molar-refractivity contribution in [3.05, 3.63) is 24.3 Å². The first-order valence-electron chi connectivity index (χ1n) is 8.28. The Morgan fingerprint density at radius 2 is 2.12 bits per heavy atom. The molecular formula is C17H27IN4O2. The van der Waals surface area contributed by atoms with Gasteiger partial charge in [0, 0.05) is 44.5 Å². The molecule has 2 aliphatic heterocycles. The minimum absolute atomic E-state index is 0. The highest BCUT2D eigenvalue weighted by molar-refractivity contribution is 14.0. The van der Waals surface area contributed by atoms with Crippen LogP contribution in [-0.4, -0.2) is 63.9 Å². The van der Waals surface area contributed by atoms with Crippen molar-refractivity contribution >= 4 is 35.6 Å². The van der Waals surface area contributed by atoms with Crippen LogP contribution in [0, 0.1) is 5.92 Å². The predicted molar refractivity (Wildman–Crippen MR) is 108 cm³/mol. The Morgan fingerprint density at radius 3 is 2.88 bits per heavy atom. The Balaban J connectivity index is 0.00000208. The van der Waals surface area contributed by atoms with Gasteiger partial charge in [-0.05, 0) is 24.5 Å². The molecule has 0 spiro atoms. The lowest BCUT2D eigenvalue weighted by atomic mass is 10.1. The topological polar surface area (TPSA) is 63.3 Å². The first-order valence-corrected chi connectivity index (χ1v) is 8.28. The van der Waals surface area contributed by atoms with Crippen LogP contribution in [0.2, 0.25) is 0 Å². The van der Waals surface area contributed by atoms with Crippen molar-refractivity contribution in [2.24, 2.45) is 16.6 Å². The van der Waals surface area contributed by atoms with Crippen molar-refractivity contribution < 1.29 is 9.47 Å². The number of hydrogen-bond acceptors (Lipinski definition) is 4. The summed E-state index contributed by atoms with van der Waals surface area (Å²) in [6.45, 7) is 6.04. The number of guanidine groups is 1. The predicted octanol–water partition coefficient (Wildman–Crippen LogP) is 1.79. The van der Waals surface area contributed by atoms with Gasteiger partial charge in [-0.2, -0.15) is 0 Å². The van der Waals surface area contributed by atoms with Crippen LogP contribution in [0.5, 0.6) is 5.75 Å². The number of aliphatic imine (C=N–C) groups is 1. The van der Waals surface area contributed by atoms with E-state index in [0.717, 1.165) is 58.1 Å². The Morgan fingerprint density at radius 1 is 1.33 bits per heavy atom. The lowest BCUT2D eigenvalue weighted by Crippen LogP contribution is -2.45. The van der Waals surface area contributed by atoms with Crippen LogP contribution in [0.4, 0.5) is 5.69 Å². The third kappa shape index (κ3) is 4.89. The molecule has 134 valence electrons. The Kier molecular flexibility index (Phi) is 7.41. The van der Waals surface area contributed by atoms with Gasteiger partial charge in [-0.25, -0.2) is 0 Å². The fraction of sp³-hybridized carbons (Fsp3) is 0.588. The molecule has 24 heavy (non-hydrogen) atoms. The molecule has 2 heterocycles. The molecule has 2 saturated heterocycles. The second-order valence-corrected chi connectivity index (χ2v) is 6.10. The van der Waals surface area contributed by atoms with Gasteiger partial charge >= 0.3 is 0 Å². The molecule has 0 radical (unpaired) electrons. The monoisotopic (exact) mass is 446 g/mol. The van der Waals surface area contributed by atoms with E-state index in [1.54, 1.807) is 7.11 Å². The Labute approximate surface area is 161 Å². The first kappa shape index (κ1) is 19.1. The lowest BCUT2D eigenvalue weighted by Gasteiger charge is -2.27. The second-order valence-electron chi connectivity index (χ2n) is 6.10. The first-order chi connectivity index (χ1) is 11.3. The van der Waals surface area contributed by atoms with Gasteiger partial charge in [-0.1, -0.05) is 6.07 Å². The third-order valence-corrected chi connectivity index (χ3v) is 4.55. The molecule has 0 aliphatic carbocycles. The molecule has 0 amide bonds. The van der Waals surface area contributed by atoms with E-state index < -0.39 is 0 Å². The highest BCUT2D eigenvalue weighted by Gasteiger charge is 2.23. The average molecular weight is 446 g/mol. The normalized spacial score (nSPS) is 21.5. The van der Waals surface area contributed by atoms with Gasteiger partial charge in [-0.3, -0.25) is 4.99 Å². The van der Waals surface area contributed by atoms with Crippen LogP contribution in [0.3, 0.4) is 0 Å². The minimum atomic E-state index is 0. The second kappa shape index (κ2) is 9.31. The summed E-state index contributed by atoms with van der Waals surface area (Å²) in [5, 5.41) is 0. The molecule has 1 aromatic carbocycles. The van der Waals surface area contributed by atoms with Crippen molar-refractivity contribution in [2.45, 2.75) is 6.42 Å². The molecule has 2 aliphatic rings. The number of hydrogen-bond donors (Lipinski definition) is 1. The summed E-state index contributed by atoms with van der Waals surface area (Å²) in [6, 6.07) is 8.24. The molecule has 1 atom stereocenters. The highest BCUT2D eigenvalue weighted by Crippen LogP contribution is 2.27. The van der Waals surface area contributed by atoms with Gasteiger partial charge in [0.2, 0.25) is 0 Å². The standard InChI is InChI=1S/C17H26N4O2.HI/c1-22-16-4-2-3-15(11-16)21-6-5-14(13-21)12-19-17(18)20-7-9-23-10-8-20;/h2-4,11,14H,5-10,12-13H2,1H3,(H2,18,19);1H. The Bertz CT molecular complexity index is 549. The van der Waals surface area contributed by atoms with Crippen LogP contribution >= 0.6 is 24.0 Å². The van der Waals surface area contributed by atoms with Crippen LogP contribution < -0.4 is 15.4 Å². The van der Waals surface area contributed by atoms with Crippen molar-refractivity contribution in [3.63, 3.8) is 0 Å². The molecule has 0 bridgehead atoms. The van der Waals surface area contributed by atoms with Gasteiger partial charge in [0.25, 0.3) is 0 Å². The smallest absolute Gasteiger partial charge is 0.191 e. The summed E-state index contributed by atoms with van der Waals surface area (Å²) in [5.74, 6) is 2.12. The molecule has 6 nitrogen and oxygen atoms in total. The molecular weight excluding hydrogens is 419 g/mol. The highest BCUT2D eigenvalue weighted by atomic mass is 127. The number of anilines is 1. The number of morpholine rings is 1. The zero-order chi connectivity index (χ0) is 16.1. The van der Waals surface area contributed by atoms with E-state index in [4.69, 9.17) is 15.2 Å². The van der Waals surface area contributed by atoms with Crippen LogP contribution in [0.1, 0.15) is 6.42 Å². The van der Waals surface area contributed by atoms with Crippen molar-refractivity contribution in [1.82, 2.24) is 4.90 Å². The molecule has 1 aromatic rings. The quantitative estimate of drug-likeness (QED) is 0.434. The molecule has 1 unspecified atom stereocenters. The van der Waals surface area contributed by atoms with Gasteiger partial charge in [-0.15, -0.1) is 24.0 Å². The number of halogens is 1. The number of nitrogens with two attached hydrogens (primary N) is 1. The Hall–Kier alpha value is -1.22. The number of rotatable bonds is 4. The van der Waals surface area contributed by atoms with Crippen LogP contribution in [0.25, 0.3) is 0 Å². The van der Waals surface area contributed by atoms with Crippen molar-refractivity contribution in [3.8, 4) is 5.75 Å². The van der Waals surface area contributed by atoms with Crippen molar-refractivity contribution in [1.29, 1.82) is 0 Å². The fourth-order valence-corrected chi connectivity index (χ4v) is 3.14. The lowest BCUT2D eigenvalue weighted by molar-refractivity contribution is 0.0674.